The Kier molecular flexibility index (Phi) is 26.6. The number of hydrogen-bond acceptors (Lipinski definition) is 34. The molecule has 0 saturated carbocycles. The van der Waals surface area contributed by atoms with Crippen molar-refractivity contribution in [3.8, 4) is 0 Å². The summed E-state index contributed by atoms with van der Waals surface area (Å²) in [6.07, 6.45) is 11.0. The van der Waals surface area contributed by atoms with Crippen molar-refractivity contribution in [3.05, 3.63) is 126 Å². The number of ketones is 4. The summed E-state index contributed by atoms with van der Waals surface area (Å²) in [6, 6.07) is 10.1. The summed E-state index contributed by atoms with van der Waals surface area (Å²) in [5.74, 6) is -2.40. The van der Waals surface area contributed by atoms with Crippen molar-refractivity contribution in [1.29, 1.82) is 0 Å². The van der Waals surface area contributed by atoms with Gasteiger partial charge >= 0.3 is 15.2 Å². The van der Waals surface area contributed by atoms with Crippen molar-refractivity contribution in [2.75, 3.05) is 48.5 Å². The molecule has 0 bridgehead atoms. The number of Topliss-reactive ketones (excluding diaryl/α,β-unsaturated/α-hetero) is 4. The average molecular weight is 1420 g/mol. The number of thioether (sulfide) groups is 4. The number of anilines is 4. The molecule has 42 heteroatoms. The number of aromatic nitrogens is 9. The molecule has 8 rings (SSSR count). The van der Waals surface area contributed by atoms with Crippen LogP contribution in [0, 0.1) is 6.92 Å². The normalized spacial score (nSPS) is 11.2. The van der Waals surface area contributed by atoms with Crippen molar-refractivity contribution in [3.63, 3.8) is 0 Å². The van der Waals surface area contributed by atoms with Gasteiger partial charge in [0, 0.05) is 65.7 Å². The van der Waals surface area contributed by atoms with Gasteiger partial charge in [-0.05, 0) is 54.5 Å². The molecule has 0 aliphatic heterocycles. The number of carbonyl (C=O) groups is 8. The van der Waals surface area contributed by atoms with Gasteiger partial charge in [-0.2, -0.15) is 21.8 Å². The summed E-state index contributed by atoms with van der Waals surface area (Å²) in [5, 5.41) is 1.89. The lowest BCUT2D eigenvalue weighted by molar-refractivity contribution is -0.109. The molecule has 0 spiro atoms. The average Bonchev–Trinajstić information content (AvgIpc) is 2.35. The molecular formula is C47H45N13O19S10. The van der Waals surface area contributed by atoms with Gasteiger partial charge in [-0.1, -0.05) is 58.4 Å². The lowest BCUT2D eigenvalue weighted by atomic mass is 10.3. The molecule has 8 heterocycles. The standard InChI is InChI=1S/C14H14N2O4S3.2C11H10N4O5S2.C11H11N3O5S3/c1-10(17)21-9-12(18)13-3-4-14(22-13)23(19,20)16(2)11-5-7-15-8-6-11;1-7(16)21-5-10(17)9-3-2-8(4-12-9)22(18,19)15-11-13-6-20-14-11;1-7(16)21-6-8(17)9-5-14-11(20-9)22(18,19)15-10-12-3-2-4-13-10;1-6-10(8(16)4-20-7(2)15)21-11(13-6)22(17,18)14-9-3-12-5-19-9/h3-8H,9H2,1-2H3;2-4,6H,5H2,1H3,(H,14,15);2-5H,6H2,1H3,(H,12,13,15);3,5,14H,4H2,1-2H3. The molecular weight excluding hydrogens is 1370 g/mol. The first-order valence-electron chi connectivity index (χ1n) is 23.9. The fourth-order valence-corrected chi connectivity index (χ4v) is 14.4. The predicted molar refractivity (Wildman–Crippen MR) is 327 cm³/mol. The molecule has 0 radical (unpaired) electrons. The monoisotopic (exact) mass is 1420 g/mol. The summed E-state index contributed by atoms with van der Waals surface area (Å²) in [7, 11) is -14.3. The Hall–Kier alpha value is -7.97. The van der Waals surface area contributed by atoms with Gasteiger partial charge in [-0.15, -0.1) is 11.3 Å². The highest BCUT2D eigenvalue weighted by atomic mass is 32.3. The molecule has 8 aromatic heterocycles. The second-order valence-corrected chi connectivity index (χ2v) is 30.4. The Morgan fingerprint density at radius 1 is 0.573 bits per heavy atom. The zero-order chi connectivity index (χ0) is 65.7. The fourth-order valence-electron chi connectivity index (χ4n) is 5.70. The minimum absolute atomic E-state index is 0.00945. The van der Waals surface area contributed by atoms with E-state index in [9.17, 15) is 72.0 Å². The van der Waals surface area contributed by atoms with E-state index in [1.807, 2.05) is 0 Å². The van der Waals surface area contributed by atoms with E-state index in [1.165, 1.54) is 103 Å². The SMILES string of the molecule is CC(=O)SCC(=O)c1ccc(S(=O)(=O)N(C)c2ccncc2)s1.CC(=O)SCC(=O)c1ccc(S(=O)(=O)Nc2ncon2)cn1.CC(=O)SCC(=O)c1cnc(S(=O)(=O)Nc2ncccn2)o1.CC(=O)SCC(=O)c1sc(S(=O)(=O)Nc2cnco2)nc1C. The van der Waals surface area contributed by atoms with Gasteiger partial charge in [0.2, 0.25) is 28.3 Å². The second-order valence-electron chi connectivity index (χ2n) is 16.4. The second kappa shape index (κ2) is 33.0. The van der Waals surface area contributed by atoms with Crippen LogP contribution in [0.15, 0.2) is 131 Å². The maximum absolute atomic E-state index is 12.6. The lowest BCUT2D eigenvalue weighted by Gasteiger charge is -2.17. The minimum atomic E-state index is -4.14. The Labute approximate surface area is 530 Å². The largest absolute Gasteiger partial charge is 0.427 e. The van der Waals surface area contributed by atoms with E-state index in [0.717, 1.165) is 99.2 Å². The Bertz CT molecular complexity index is 4270. The predicted octanol–water partition coefficient (Wildman–Crippen LogP) is 5.59. The van der Waals surface area contributed by atoms with Crippen LogP contribution in [0.1, 0.15) is 73.8 Å². The van der Waals surface area contributed by atoms with Gasteiger partial charge < -0.3 is 13.4 Å². The first-order valence-corrected chi connectivity index (χ1v) is 35.4. The van der Waals surface area contributed by atoms with E-state index < -0.39 is 51.1 Å². The topological polar surface area (TPSA) is 468 Å². The van der Waals surface area contributed by atoms with E-state index in [-0.39, 0.29) is 108 Å². The number of rotatable bonds is 24. The molecule has 3 N–H and O–H groups in total. The highest BCUT2D eigenvalue weighted by Crippen LogP contribution is 2.29. The van der Waals surface area contributed by atoms with Crippen LogP contribution in [0.3, 0.4) is 0 Å². The molecule has 8 aromatic rings. The molecule has 0 amide bonds. The number of aryl methyl sites for hydroxylation is 1. The number of carbonyl (C=O) groups excluding carboxylic acids is 8. The van der Waals surface area contributed by atoms with Gasteiger partial charge in [-0.25, -0.2) is 55.9 Å². The number of nitrogens with zero attached hydrogens (tertiary/aromatic N) is 10. The van der Waals surface area contributed by atoms with Crippen LogP contribution < -0.4 is 18.5 Å². The van der Waals surface area contributed by atoms with E-state index in [2.05, 4.69) is 63.7 Å². The Balaban J connectivity index is 0.000000216. The first-order chi connectivity index (χ1) is 41.9. The maximum atomic E-state index is 12.6. The third kappa shape index (κ3) is 22.5. The Morgan fingerprint density at radius 3 is 1.73 bits per heavy atom. The van der Waals surface area contributed by atoms with Crippen LogP contribution in [-0.2, 0) is 59.3 Å². The third-order valence-corrected chi connectivity index (χ3v) is 21.7. The van der Waals surface area contributed by atoms with E-state index in [4.69, 9.17) is 8.83 Å². The maximum Gasteiger partial charge on any atom is 0.336 e. The van der Waals surface area contributed by atoms with E-state index in [0.29, 0.717) is 16.3 Å². The van der Waals surface area contributed by atoms with Gasteiger partial charge in [0.15, 0.2) is 50.0 Å². The number of hydrogen-bond donors (Lipinski definition) is 3. The van der Waals surface area contributed by atoms with Gasteiger partial charge in [-0.3, -0.25) is 52.6 Å². The van der Waals surface area contributed by atoms with Crippen LogP contribution in [0.25, 0.3) is 0 Å². The van der Waals surface area contributed by atoms with Crippen molar-refractivity contribution in [1.82, 2.24) is 45.0 Å². The van der Waals surface area contributed by atoms with E-state index >= 15 is 0 Å². The quantitative estimate of drug-likeness (QED) is 0.0620. The zero-order valence-corrected chi connectivity index (χ0v) is 54.5. The fraction of sp³-hybridized carbons (Fsp3) is 0.213. The molecule has 89 heavy (non-hydrogen) atoms. The van der Waals surface area contributed by atoms with Crippen molar-refractivity contribution >= 4 is 177 Å². The van der Waals surface area contributed by atoms with Crippen LogP contribution in [0.2, 0.25) is 0 Å². The van der Waals surface area contributed by atoms with Crippen LogP contribution >= 0.6 is 69.7 Å². The molecule has 0 aromatic carbocycles. The van der Waals surface area contributed by atoms with Gasteiger partial charge in [0.1, 0.15) is 14.8 Å². The molecule has 0 aliphatic carbocycles. The molecule has 0 unspecified atom stereocenters. The Morgan fingerprint density at radius 2 is 1.17 bits per heavy atom. The summed E-state index contributed by atoms with van der Waals surface area (Å²) < 4.78 is 119. The third-order valence-electron chi connectivity index (χ3n) is 9.75. The highest BCUT2D eigenvalue weighted by Gasteiger charge is 2.28. The molecule has 0 aliphatic rings. The number of nitrogens with one attached hydrogen (secondary N) is 3. The number of thiazole rings is 1. The molecule has 0 saturated heterocycles. The molecule has 0 fully saturated rings. The minimum Gasteiger partial charge on any atom is -0.427 e. The number of sulfonamides is 4. The molecule has 0 atom stereocenters. The molecule has 32 nitrogen and oxygen atoms in total. The van der Waals surface area contributed by atoms with Crippen LogP contribution in [-0.4, -0.2) is 152 Å². The number of oxazole rings is 2. The van der Waals surface area contributed by atoms with Gasteiger partial charge in [0.05, 0.1) is 56.5 Å². The number of pyridine rings is 2. The van der Waals surface area contributed by atoms with E-state index in [1.54, 1.807) is 12.1 Å². The summed E-state index contributed by atoms with van der Waals surface area (Å²) in [5.41, 5.74) is 0.859. The van der Waals surface area contributed by atoms with Crippen molar-refractivity contribution in [2.45, 2.75) is 53.3 Å². The first kappa shape index (κ1) is 71.8. The van der Waals surface area contributed by atoms with Crippen molar-refractivity contribution < 1.29 is 85.4 Å². The van der Waals surface area contributed by atoms with Crippen LogP contribution in [0.5, 0.6) is 0 Å². The van der Waals surface area contributed by atoms with Crippen molar-refractivity contribution in [2.24, 2.45) is 0 Å². The zero-order valence-electron chi connectivity index (χ0n) is 46.4. The smallest absolute Gasteiger partial charge is 0.336 e. The molecule has 472 valence electrons. The summed E-state index contributed by atoms with van der Waals surface area (Å²) >= 11 is 5.08. The summed E-state index contributed by atoms with van der Waals surface area (Å²) in [4.78, 5) is 121. The van der Waals surface area contributed by atoms with Gasteiger partial charge in [0.25, 0.3) is 36.0 Å². The summed E-state index contributed by atoms with van der Waals surface area (Å²) in [6.45, 7) is 6.94. The highest BCUT2D eigenvalue weighted by molar-refractivity contribution is 8.15. The number of thiophene rings is 1. The lowest BCUT2D eigenvalue weighted by Crippen LogP contribution is -2.25. The van der Waals surface area contributed by atoms with Crippen LogP contribution in [0.4, 0.5) is 23.5 Å².